The first kappa shape index (κ1) is 18.6. The molecule has 0 amide bonds. The van der Waals surface area contributed by atoms with Crippen LogP contribution in [0.5, 0.6) is 0 Å². The van der Waals surface area contributed by atoms with Crippen molar-refractivity contribution in [3.05, 3.63) is 11.6 Å². The molecule has 3 aliphatic carbocycles. The predicted octanol–water partition coefficient (Wildman–Crippen LogP) is 4.08. The molecule has 0 aromatic carbocycles. The van der Waals surface area contributed by atoms with E-state index >= 15 is 0 Å². The van der Waals surface area contributed by atoms with Gasteiger partial charge in [0.25, 0.3) is 0 Å². The zero-order valence-corrected chi connectivity index (χ0v) is 15.7. The lowest BCUT2D eigenvalue weighted by atomic mass is 9.45. The third kappa shape index (κ3) is 2.50. The van der Waals surface area contributed by atoms with E-state index in [0.29, 0.717) is 12.8 Å². The standard InChI is InChI=1S/C20H30O5/c1-12(2)20(25-24)9-6-14-13(11-20)15(21)10-16-18(14,3)7-5-8-19(16,4)17(22)23/h11-12,14,16,24H,5-10H2,1-4H3,(H,22,23)/t14-,16-,18+,19+,20+/m0/s1. The summed E-state index contributed by atoms with van der Waals surface area (Å²) in [6.07, 6.45) is 5.98. The van der Waals surface area contributed by atoms with Crippen molar-refractivity contribution in [1.82, 2.24) is 0 Å². The monoisotopic (exact) mass is 350 g/mol. The van der Waals surface area contributed by atoms with Gasteiger partial charge in [0.2, 0.25) is 0 Å². The number of aliphatic carboxylic acids is 1. The topological polar surface area (TPSA) is 83.8 Å². The van der Waals surface area contributed by atoms with Crippen molar-refractivity contribution >= 4 is 11.8 Å². The summed E-state index contributed by atoms with van der Waals surface area (Å²) in [5.41, 5.74) is -1.09. The zero-order valence-electron chi connectivity index (χ0n) is 15.7. The third-order valence-corrected chi connectivity index (χ3v) is 7.72. The van der Waals surface area contributed by atoms with Gasteiger partial charge in [-0.25, -0.2) is 4.89 Å². The van der Waals surface area contributed by atoms with Gasteiger partial charge in [0.15, 0.2) is 5.78 Å². The van der Waals surface area contributed by atoms with Gasteiger partial charge in [-0.2, -0.15) is 0 Å². The number of allylic oxidation sites excluding steroid dienone is 1. The van der Waals surface area contributed by atoms with Gasteiger partial charge in [-0.05, 0) is 67.4 Å². The van der Waals surface area contributed by atoms with Crippen LogP contribution >= 0.6 is 0 Å². The highest BCUT2D eigenvalue weighted by atomic mass is 17.1. The number of carbonyl (C=O) groups is 2. The molecule has 5 atom stereocenters. The van der Waals surface area contributed by atoms with Crippen molar-refractivity contribution < 1.29 is 24.8 Å². The van der Waals surface area contributed by atoms with Crippen LogP contribution in [-0.4, -0.2) is 27.7 Å². The van der Waals surface area contributed by atoms with Gasteiger partial charge >= 0.3 is 5.97 Å². The van der Waals surface area contributed by atoms with Crippen LogP contribution in [0.4, 0.5) is 0 Å². The number of carbonyl (C=O) groups excluding carboxylic acids is 1. The Bertz CT molecular complexity index is 624. The van der Waals surface area contributed by atoms with E-state index < -0.39 is 17.0 Å². The van der Waals surface area contributed by atoms with E-state index in [-0.39, 0.29) is 35.4 Å². The molecule has 0 bridgehead atoms. The highest BCUT2D eigenvalue weighted by Gasteiger charge is 2.61. The van der Waals surface area contributed by atoms with E-state index in [0.717, 1.165) is 24.8 Å². The SMILES string of the molecule is CC(C)[C@]1(OO)C=C2C(=O)C[C@H]3[C@](C)(CCC[C@@]3(C)C(=O)O)[C@H]2CC1. The van der Waals surface area contributed by atoms with E-state index in [1.807, 2.05) is 26.8 Å². The fourth-order valence-corrected chi connectivity index (χ4v) is 5.90. The van der Waals surface area contributed by atoms with Crippen molar-refractivity contribution in [2.24, 2.45) is 28.6 Å². The van der Waals surface area contributed by atoms with Gasteiger partial charge in [-0.1, -0.05) is 27.2 Å². The molecule has 0 aromatic rings. The van der Waals surface area contributed by atoms with Gasteiger partial charge in [0.05, 0.1) is 5.41 Å². The lowest BCUT2D eigenvalue weighted by Crippen LogP contribution is -2.57. The van der Waals surface area contributed by atoms with Gasteiger partial charge in [0.1, 0.15) is 5.60 Å². The molecule has 0 spiro atoms. The molecule has 0 heterocycles. The van der Waals surface area contributed by atoms with E-state index in [1.165, 1.54) is 0 Å². The van der Waals surface area contributed by atoms with Crippen LogP contribution in [0.2, 0.25) is 0 Å². The molecule has 5 nitrogen and oxygen atoms in total. The molecule has 0 saturated heterocycles. The minimum absolute atomic E-state index is 0.0311. The Morgan fingerprint density at radius 2 is 1.96 bits per heavy atom. The average molecular weight is 350 g/mol. The van der Waals surface area contributed by atoms with E-state index in [9.17, 15) is 20.0 Å². The van der Waals surface area contributed by atoms with Gasteiger partial charge in [0, 0.05) is 6.42 Å². The third-order valence-electron chi connectivity index (χ3n) is 7.72. The Morgan fingerprint density at radius 1 is 1.28 bits per heavy atom. The Kier molecular flexibility index (Phi) is 4.40. The van der Waals surface area contributed by atoms with Gasteiger partial charge in [-0.3, -0.25) is 14.8 Å². The van der Waals surface area contributed by atoms with Crippen LogP contribution in [0.25, 0.3) is 0 Å². The Balaban J connectivity index is 2.06. The number of fused-ring (bicyclic) bond motifs is 3. The highest BCUT2D eigenvalue weighted by molar-refractivity contribution is 5.98. The summed E-state index contributed by atoms with van der Waals surface area (Å²) in [6.45, 7) is 7.95. The van der Waals surface area contributed by atoms with Crippen LogP contribution in [0, 0.1) is 28.6 Å². The summed E-state index contributed by atoms with van der Waals surface area (Å²) < 4.78 is 0. The summed E-state index contributed by atoms with van der Waals surface area (Å²) >= 11 is 0. The minimum atomic E-state index is -0.839. The van der Waals surface area contributed by atoms with Crippen LogP contribution in [0.15, 0.2) is 11.6 Å². The van der Waals surface area contributed by atoms with Gasteiger partial charge in [-0.15, -0.1) is 0 Å². The minimum Gasteiger partial charge on any atom is -0.481 e. The molecule has 25 heavy (non-hydrogen) atoms. The largest absolute Gasteiger partial charge is 0.481 e. The van der Waals surface area contributed by atoms with Crippen LogP contribution in [-0.2, 0) is 14.5 Å². The second-order valence-electron chi connectivity index (χ2n) is 9.15. The molecular weight excluding hydrogens is 320 g/mol. The summed E-state index contributed by atoms with van der Waals surface area (Å²) in [4.78, 5) is 29.8. The van der Waals surface area contributed by atoms with Crippen molar-refractivity contribution in [2.75, 3.05) is 0 Å². The molecule has 0 unspecified atom stereocenters. The lowest BCUT2D eigenvalue weighted by molar-refractivity contribution is -0.323. The summed E-state index contributed by atoms with van der Waals surface area (Å²) in [7, 11) is 0. The normalized spacial score (nSPS) is 44.1. The smallest absolute Gasteiger partial charge is 0.309 e. The number of hydrogen-bond acceptors (Lipinski definition) is 4. The van der Waals surface area contributed by atoms with Crippen LogP contribution in [0.3, 0.4) is 0 Å². The fourth-order valence-electron chi connectivity index (χ4n) is 5.90. The first-order valence-electron chi connectivity index (χ1n) is 9.42. The average Bonchev–Trinajstić information content (AvgIpc) is 2.56. The fraction of sp³-hybridized carbons (Fsp3) is 0.800. The number of Topliss-reactive ketones (excluding diaryl/α,β-unsaturated/α-hetero) is 1. The molecule has 3 rings (SSSR count). The Labute approximate surface area is 149 Å². The first-order chi connectivity index (χ1) is 11.6. The van der Waals surface area contributed by atoms with Crippen molar-refractivity contribution in [2.45, 2.75) is 71.8 Å². The molecule has 5 heteroatoms. The maximum Gasteiger partial charge on any atom is 0.309 e. The van der Waals surface area contributed by atoms with Gasteiger partial charge < -0.3 is 5.11 Å². The van der Waals surface area contributed by atoms with E-state index in [1.54, 1.807) is 0 Å². The first-order valence-corrected chi connectivity index (χ1v) is 9.42. The highest BCUT2D eigenvalue weighted by Crippen LogP contribution is 2.63. The van der Waals surface area contributed by atoms with E-state index in [4.69, 9.17) is 4.89 Å². The second-order valence-corrected chi connectivity index (χ2v) is 9.15. The molecular formula is C20H30O5. The Hall–Kier alpha value is -1.20. The molecule has 140 valence electrons. The van der Waals surface area contributed by atoms with Crippen LogP contribution in [0.1, 0.15) is 66.2 Å². The predicted molar refractivity (Wildman–Crippen MR) is 92.9 cm³/mol. The van der Waals surface area contributed by atoms with Crippen LogP contribution < -0.4 is 0 Å². The molecule has 0 aromatic heterocycles. The van der Waals surface area contributed by atoms with Crippen molar-refractivity contribution in [3.63, 3.8) is 0 Å². The molecule has 0 aliphatic heterocycles. The summed E-state index contributed by atoms with van der Waals surface area (Å²) in [6, 6.07) is 0. The second kappa shape index (κ2) is 5.92. The number of carboxylic acids is 1. The number of ketones is 1. The lowest BCUT2D eigenvalue weighted by Gasteiger charge is -2.58. The summed E-state index contributed by atoms with van der Waals surface area (Å²) in [5, 5.41) is 19.4. The maximum absolute atomic E-state index is 13.0. The molecule has 2 N–H and O–H groups in total. The van der Waals surface area contributed by atoms with Crippen molar-refractivity contribution in [3.8, 4) is 0 Å². The van der Waals surface area contributed by atoms with E-state index in [2.05, 4.69) is 6.92 Å². The molecule has 2 fully saturated rings. The number of hydrogen-bond donors (Lipinski definition) is 2. The maximum atomic E-state index is 13.0. The number of carboxylic acid groups (broad SMARTS) is 1. The summed E-state index contributed by atoms with van der Waals surface area (Å²) in [5.74, 6) is -0.777. The Morgan fingerprint density at radius 3 is 2.52 bits per heavy atom. The zero-order chi connectivity index (χ0) is 18.6. The molecule has 0 radical (unpaired) electrons. The molecule has 3 aliphatic rings. The molecule has 2 saturated carbocycles. The number of rotatable bonds is 3. The van der Waals surface area contributed by atoms with Crippen molar-refractivity contribution in [1.29, 1.82) is 0 Å². The quantitative estimate of drug-likeness (QED) is 0.592.